The molecule has 4 heteroatoms. The van der Waals surface area contributed by atoms with Gasteiger partial charge in [0.25, 0.3) is 0 Å². The van der Waals surface area contributed by atoms with Gasteiger partial charge in [-0.2, -0.15) is 0 Å². The van der Waals surface area contributed by atoms with E-state index in [1.807, 2.05) is 38.2 Å². The smallest absolute Gasteiger partial charge is 0.238 e. The Bertz CT molecular complexity index is 458. The van der Waals surface area contributed by atoms with Crippen LogP contribution in [-0.4, -0.2) is 37.0 Å². The van der Waals surface area contributed by atoms with Crippen molar-refractivity contribution in [1.82, 2.24) is 4.90 Å². The van der Waals surface area contributed by atoms with Crippen molar-refractivity contribution in [2.24, 2.45) is 11.7 Å². The summed E-state index contributed by atoms with van der Waals surface area (Å²) in [7, 11) is 2.04. The lowest BCUT2D eigenvalue weighted by molar-refractivity contribution is -0.117. The zero-order chi connectivity index (χ0) is 15.2. The minimum absolute atomic E-state index is 0.0442. The second kappa shape index (κ2) is 7.57. The van der Waals surface area contributed by atoms with E-state index in [0.29, 0.717) is 25.0 Å². The molecule has 3 N–H and O–H groups in total. The van der Waals surface area contributed by atoms with Crippen molar-refractivity contribution in [3.05, 3.63) is 29.8 Å². The summed E-state index contributed by atoms with van der Waals surface area (Å²) in [5, 5.41) is 2.96. The number of likely N-dealkylation sites (N-methyl/N-ethyl adjacent to an activating group) is 1. The van der Waals surface area contributed by atoms with Gasteiger partial charge in [-0.1, -0.05) is 30.5 Å². The maximum Gasteiger partial charge on any atom is 0.238 e. The van der Waals surface area contributed by atoms with Crippen LogP contribution < -0.4 is 11.1 Å². The molecule has 1 saturated carbocycles. The zero-order valence-electron chi connectivity index (χ0n) is 13.1. The van der Waals surface area contributed by atoms with Gasteiger partial charge in [0.2, 0.25) is 5.91 Å². The van der Waals surface area contributed by atoms with Crippen LogP contribution in [-0.2, 0) is 4.79 Å². The van der Waals surface area contributed by atoms with Crippen LogP contribution in [0.25, 0.3) is 0 Å². The molecule has 116 valence electrons. The van der Waals surface area contributed by atoms with Gasteiger partial charge in [-0.05, 0) is 51.4 Å². The van der Waals surface area contributed by atoms with Gasteiger partial charge in [0.15, 0.2) is 0 Å². The lowest BCUT2D eigenvalue weighted by Crippen LogP contribution is -2.45. The van der Waals surface area contributed by atoms with E-state index in [-0.39, 0.29) is 5.91 Å². The molecule has 4 nitrogen and oxygen atoms in total. The predicted octanol–water partition coefficient (Wildman–Crippen LogP) is 2.38. The highest BCUT2D eigenvalue weighted by atomic mass is 16.2. The quantitative estimate of drug-likeness (QED) is 0.875. The van der Waals surface area contributed by atoms with Crippen LogP contribution in [0.15, 0.2) is 24.3 Å². The number of carbonyl (C=O) groups is 1. The topological polar surface area (TPSA) is 58.4 Å². The standard InChI is InChI=1S/C17H27N3O/c1-13-7-9-15(10-8-13)19-17(21)12-20(2)16-6-4-3-5-14(16)11-18/h7-10,14,16H,3-6,11-12,18H2,1-2H3,(H,19,21). The van der Waals surface area contributed by atoms with Gasteiger partial charge in [0, 0.05) is 11.7 Å². The average molecular weight is 289 g/mol. The Morgan fingerprint density at radius 2 is 1.95 bits per heavy atom. The van der Waals surface area contributed by atoms with Gasteiger partial charge in [-0.15, -0.1) is 0 Å². The predicted molar refractivity (Wildman–Crippen MR) is 87.2 cm³/mol. The van der Waals surface area contributed by atoms with Crippen molar-refractivity contribution >= 4 is 11.6 Å². The van der Waals surface area contributed by atoms with Crippen molar-refractivity contribution < 1.29 is 4.79 Å². The van der Waals surface area contributed by atoms with Gasteiger partial charge in [-0.25, -0.2) is 0 Å². The van der Waals surface area contributed by atoms with Gasteiger partial charge < -0.3 is 11.1 Å². The average Bonchev–Trinajstić information content (AvgIpc) is 2.49. The lowest BCUT2D eigenvalue weighted by atomic mass is 9.84. The van der Waals surface area contributed by atoms with E-state index in [2.05, 4.69) is 10.2 Å². The summed E-state index contributed by atoms with van der Waals surface area (Å²) in [6, 6.07) is 8.33. The van der Waals surface area contributed by atoms with Crippen LogP contribution in [0.5, 0.6) is 0 Å². The summed E-state index contributed by atoms with van der Waals surface area (Å²) >= 11 is 0. The van der Waals surface area contributed by atoms with E-state index < -0.39 is 0 Å². The molecule has 2 rings (SSSR count). The Balaban J connectivity index is 1.87. The third kappa shape index (κ3) is 4.55. The molecule has 0 aromatic heterocycles. The van der Waals surface area contributed by atoms with Gasteiger partial charge in [0.1, 0.15) is 0 Å². The normalized spacial score (nSPS) is 22.3. The molecule has 1 amide bonds. The van der Waals surface area contributed by atoms with E-state index >= 15 is 0 Å². The number of anilines is 1. The van der Waals surface area contributed by atoms with Gasteiger partial charge in [-0.3, -0.25) is 9.69 Å². The van der Waals surface area contributed by atoms with Crippen LogP contribution in [0.2, 0.25) is 0 Å². The third-order valence-electron chi connectivity index (χ3n) is 4.47. The number of nitrogens with zero attached hydrogens (tertiary/aromatic N) is 1. The number of amides is 1. The monoisotopic (exact) mass is 289 g/mol. The molecule has 1 aromatic rings. The maximum atomic E-state index is 12.2. The Labute approximate surface area is 127 Å². The van der Waals surface area contributed by atoms with Crippen LogP contribution in [0.3, 0.4) is 0 Å². The van der Waals surface area contributed by atoms with E-state index in [1.54, 1.807) is 0 Å². The summed E-state index contributed by atoms with van der Waals surface area (Å²) in [5.41, 5.74) is 7.92. The first-order chi connectivity index (χ1) is 10.1. The highest BCUT2D eigenvalue weighted by Gasteiger charge is 2.28. The fourth-order valence-electron chi connectivity index (χ4n) is 3.22. The summed E-state index contributed by atoms with van der Waals surface area (Å²) in [6.07, 6.45) is 4.84. The Morgan fingerprint density at radius 3 is 2.62 bits per heavy atom. The second-order valence-electron chi connectivity index (χ2n) is 6.18. The van der Waals surface area contributed by atoms with E-state index in [1.165, 1.54) is 24.8 Å². The van der Waals surface area contributed by atoms with Crippen LogP contribution in [0.4, 0.5) is 5.69 Å². The molecule has 1 aromatic carbocycles. The first-order valence-electron chi connectivity index (χ1n) is 7.87. The van der Waals surface area contributed by atoms with Crippen molar-refractivity contribution in [2.75, 3.05) is 25.5 Å². The SMILES string of the molecule is Cc1ccc(NC(=O)CN(C)C2CCCCC2CN)cc1. The summed E-state index contributed by atoms with van der Waals surface area (Å²) in [6.45, 7) is 3.18. The Hall–Kier alpha value is -1.39. The molecule has 0 heterocycles. The largest absolute Gasteiger partial charge is 0.330 e. The molecule has 2 unspecified atom stereocenters. The van der Waals surface area contributed by atoms with Crippen molar-refractivity contribution in [1.29, 1.82) is 0 Å². The fraction of sp³-hybridized carbons (Fsp3) is 0.588. The molecule has 0 aliphatic heterocycles. The second-order valence-corrected chi connectivity index (χ2v) is 6.18. The number of benzene rings is 1. The molecule has 0 saturated heterocycles. The van der Waals surface area contributed by atoms with Crippen LogP contribution in [0.1, 0.15) is 31.2 Å². The molecule has 0 radical (unpaired) electrons. The number of hydrogen-bond donors (Lipinski definition) is 2. The Morgan fingerprint density at radius 1 is 1.29 bits per heavy atom. The molecule has 21 heavy (non-hydrogen) atoms. The molecule has 1 aliphatic carbocycles. The molecular formula is C17H27N3O. The summed E-state index contributed by atoms with van der Waals surface area (Å²) in [4.78, 5) is 14.3. The van der Waals surface area contributed by atoms with Crippen molar-refractivity contribution in [3.8, 4) is 0 Å². The molecule has 2 atom stereocenters. The molecule has 0 bridgehead atoms. The Kier molecular flexibility index (Phi) is 5.76. The number of aryl methyl sites for hydroxylation is 1. The minimum atomic E-state index is 0.0442. The van der Waals surface area contributed by atoms with Gasteiger partial charge in [0.05, 0.1) is 6.54 Å². The summed E-state index contributed by atoms with van der Waals surface area (Å²) in [5.74, 6) is 0.568. The molecular weight excluding hydrogens is 262 g/mol. The minimum Gasteiger partial charge on any atom is -0.330 e. The van der Waals surface area contributed by atoms with E-state index in [0.717, 1.165) is 12.1 Å². The number of nitrogens with two attached hydrogens (primary N) is 1. The first kappa shape index (κ1) is 16.0. The van der Waals surface area contributed by atoms with Crippen molar-refractivity contribution in [2.45, 2.75) is 38.6 Å². The molecule has 0 spiro atoms. The van der Waals surface area contributed by atoms with E-state index in [9.17, 15) is 4.79 Å². The number of carbonyl (C=O) groups excluding carboxylic acids is 1. The zero-order valence-corrected chi connectivity index (χ0v) is 13.1. The first-order valence-corrected chi connectivity index (χ1v) is 7.87. The van der Waals surface area contributed by atoms with Crippen molar-refractivity contribution in [3.63, 3.8) is 0 Å². The van der Waals surface area contributed by atoms with E-state index in [4.69, 9.17) is 5.73 Å². The molecule has 1 fully saturated rings. The molecule has 1 aliphatic rings. The number of hydrogen-bond acceptors (Lipinski definition) is 3. The van der Waals surface area contributed by atoms with Crippen LogP contribution in [0, 0.1) is 12.8 Å². The third-order valence-corrected chi connectivity index (χ3v) is 4.47. The fourth-order valence-corrected chi connectivity index (χ4v) is 3.22. The highest BCUT2D eigenvalue weighted by molar-refractivity contribution is 5.92. The van der Waals surface area contributed by atoms with Gasteiger partial charge >= 0.3 is 0 Å². The van der Waals surface area contributed by atoms with Crippen LogP contribution >= 0.6 is 0 Å². The highest BCUT2D eigenvalue weighted by Crippen LogP contribution is 2.27. The number of rotatable bonds is 5. The number of nitrogens with one attached hydrogen (secondary N) is 1. The summed E-state index contributed by atoms with van der Waals surface area (Å²) < 4.78 is 0. The maximum absolute atomic E-state index is 12.2. The lowest BCUT2D eigenvalue weighted by Gasteiger charge is -2.37.